The minimum atomic E-state index is -4.21. The number of aromatic amines is 1. The second-order valence-electron chi connectivity index (χ2n) is 5.73. The molecule has 13 heteroatoms. The van der Waals surface area contributed by atoms with Gasteiger partial charge in [-0.3, -0.25) is 14.8 Å². The van der Waals surface area contributed by atoms with E-state index >= 15 is 0 Å². The van der Waals surface area contributed by atoms with E-state index in [1.807, 2.05) is 0 Å². The molecule has 0 aliphatic rings. The summed E-state index contributed by atoms with van der Waals surface area (Å²) in [5.74, 6) is -0.0178. The van der Waals surface area contributed by atoms with Crippen molar-refractivity contribution in [2.24, 2.45) is 0 Å². The molecule has 1 amide bonds. The predicted molar refractivity (Wildman–Crippen MR) is 111 cm³/mol. The topological polar surface area (TPSA) is 135 Å². The van der Waals surface area contributed by atoms with Crippen LogP contribution in [-0.4, -0.2) is 43.7 Å². The molecule has 3 rings (SSSR count). The van der Waals surface area contributed by atoms with Gasteiger partial charge in [-0.1, -0.05) is 23.2 Å². The molecule has 3 N–H and O–H groups in total. The summed E-state index contributed by atoms with van der Waals surface area (Å²) in [6.07, 6.45) is 1.21. The average Bonchev–Trinajstić information content (AvgIpc) is 3.21. The van der Waals surface area contributed by atoms with Crippen molar-refractivity contribution < 1.29 is 22.7 Å². The number of benzene rings is 2. The highest BCUT2D eigenvalue weighted by molar-refractivity contribution is 7.92. The molecule has 2 aromatic carbocycles. The van der Waals surface area contributed by atoms with Gasteiger partial charge >= 0.3 is 0 Å². The van der Waals surface area contributed by atoms with Gasteiger partial charge in [-0.2, -0.15) is 10.1 Å². The zero-order chi connectivity index (χ0) is 21.9. The fourth-order valence-electron chi connectivity index (χ4n) is 2.44. The first-order valence-corrected chi connectivity index (χ1v) is 10.4. The van der Waals surface area contributed by atoms with Crippen LogP contribution in [0.15, 0.2) is 41.6 Å². The molecule has 0 saturated heterocycles. The van der Waals surface area contributed by atoms with Gasteiger partial charge in [0, 0.05) is 11.6 Å². The van der Waals surface area contributed by atoms with Gasteiger partial charge < -0.3 is 9.47 Å². The van der Waals surface area contributed by atoms with Crippen LogP contribution in [0.3, 0.4) is 0 Å². The summed E-state index contributed by atoms with van der Waals surface area (Å²) in [5, 5.41) is 8.61. The lowest BCUT2D eigenvalue weighted by atomic mass is 10.2. The number of aromatic nitrogens is 3. The molecule has 0 fully saturated rings. The summed E-state index contributed by atoms with van der Waals surface area (Å²) in [6.45, 7) is 0. The number of hydrogen-bond donors (Lipinski definition) is 3. The van der Waals surface area contributed by atoms with Crippen molar-refractivity contribution in [2.45, 2.75) is 4.90 Å². The number of carbonyl (C=O) groups is 1. The largest absolute Gasteiger partial charge is 0.495 e. The molecule has 0 saturated carbocycles. The maximum absolute atomic E-state index is 13.0. The van der Waals surface area contributed by atoms with Crippen molar-refractivity contribution in [2.75, 3.05) is 24.3 Å². The van der Waals surface area contributed by atoms with E-state index in [0.29, 0.717) is 5.75 Å². The number of methoxy groups -OCH3 is 2. The standard InChI is InChI=1S/C17H15Cl2N5O5S/c1-28-13-7-14(29-2)12(6-11(13)19)24-30(26,27)15-5-9(3-4-10(15)18)16(25)22-17-20-8-21-23-17/h3-8,24H,1-2H3,(H2,20,21,22,23,25). The fourth-order valence-corrected chi connectivity index (χ4v) is 4.26. The Hall–Kier alpha value is -3.02. The lowest BCUT2D eigenvalue weighted by molar-refractivity contribution is 0.102. The van der Waals surface area contributed by atoms with Crippen LogP contribution in [-0.2, 0) is 10.0 Å². The number of amides is 1. The summed E-state index contributed by atoms with van der Waals surface area (Å²) in [7, 11) is -1.43. The fraction of sp³-hybridized carbons (Fsp3) is 0.118. The zero-order valence-corrected chi connectivity index (χ0v) is 17.9. The monoisotopic (exact) mass is 471 g/mol. The number of nitrogens with zero attached hydrogens (tertiary/aromatic N) is 2. The molecule has 0 spiro atoms. The van der Waals surface area contributed by atoms with Gasteiger partial charge in [0.1, 0.15) is 22.7 Å². The summed E-state index contributed by atoms with van der Waals surface area (Å²) in [4.78, 5) is 15.8. The Bertz CT molecular complexity index is 1190. The normalized spacial score (nSPS) is 11.1. The van der Waals surface area contributed by atoms with Crippen molar-refractivity contribution in [3.63, 3.8) is 0 Å². The van der Waals surface area contributed by atoms with Gasteiger partial charge in [-0.05, 0) is 24.3 Å². The molecule has 1 heterocycles. The molecule has 0 radical (unpaired) electrons. The number of nitrogens with one attached hydrogen (secondary N) is 3. The molecular formula is C17H15Cl2N5O5S. The van der Waals surface area contributed by atoms with Crippen LogP contribution < -0.4 is 19.5 Å². The van der Waals surface area contributed by atoms with E-state index in [2.05, 4.69) is 25.2 Å². The third kappa shape index (κ3) is 4.58. The first-order valence-electron chi connectivity index (χ1n) is 8.15. The first kappa shape index (κ1) is 21.7. The maximum atomic E-state index is 13.0. The second kappa shape index (κ2) is 8.78. The molecule has 0 aliphatic carbocycles. The second-order valence-corrected chi connectivity index (χ2v) is 8.19. The Labute approximate surface area is 181 Å². The van der Waals surface area contributed by atoms with Gasteiger partial charge in [0.15, 0.2) is 0 Å². The number of rotatable bonds is 7. The van der Waals surface area contributed by atoms with Gasteiger partial charge in [-0.25, -0.2) is 13.5 Å². The highest BCUT2D eigenvalue weighted by Gasteiger charge is 2.23. The minimum absolute atomic E-state index is 0.0379. The molecule has 10 nitrogen and oxygen atoms in total. The number of H-pyrrole nitrogens is 1. The summed E-state index contributed by atoms with van der Waals surface area (Å²) in [6, 6.07) is 6.57. The Morgan fingerprint density at radius 2 is 1.80 bits per heavy atom. The van der Waals surface area contributed by atoms with Gasteiger partial charge in [0.05, 0.1) is 30.0 Å². The van der Waals surface area contributed by atoms with E-state index in [1.54, 1.807) is 0 Å². The van der Waals surface area contributed by atoms with Crippen LogP contribution in [0, 0.1) is 0 Å². The lowest BCUT2D eigenvalue weighted by Gasteiger charge is -2.15. The molecule has 0 unspecified atom stereocenters. The molecule has 3 aromatic rings. The summed E-state index contributed by atoms with van der Waals surface area (Å²) in [5.41, 5.74) is 0.104. The minimum Gasteiger partial charge on any atom is -0.495 e. The van der Waals surface area contributed by atoms with E-state index in [9.17, 15) is 13.2 Å². The number of halogens is 2. The Kier molecular flexibility index (Phi) is 6.34. The molecule has 158 valence electrons. The Balaban J connectivity index is 1.94. The molecule has 30 heavy (non-hydrogen) atoms. The van der Waals surface area contributed by atoms with Crippen molar-refractivity contribution in [1.82, 2.24) is 15.2 Å². The summed E-state index contributed by atoms with van der Waals surface area (Å²) >= 11 is 12.2. The first-order chi connectivity index (χ1) is 14.2. The number of ether oxygens (including phenoxy) is 2. The summed E-state index contributed by atoms with van der Waals surface area (Å²) < 4.78 is 38.6. The molecule has 1 aromatic heterocycles. The van der Waals surface area contributed by atoms with Crippen LogP contribution in [0.1, 0.15) is 10.4 Å². The third-order valence-electron chi connectivity index (χ3n) is 3.85. The van der Waals surface area contributed by atoms with Crippen LogP contribution in [0.25, 0.3) is 0 Å². The van der Waals surface area contributed by atoms with E-state index in [-0.39, 0.29) is 37.9 Å². The van der Waals surface area contributed by atoms with Crippen molar-refractivity contribution in [1.29, 1.82) is 0 Å². The SMILES string of the molecule is COc1cc(OC)c(NS(=O)(=O)c2cc(C(=O)Nc3ncn[nH]3)ccc2Cl)cc1Cl. The van der Waals surface area contributed by atoms with Crippen LogP contribution in [0.2, 0.25) is 10.0 Å². The Morgan fingerprint density at radius 1 is 1.07 bits per heavy atom. The lowest BCUT2D eigenvalue weighted by Crippen LogP contribution is -2.17. The van der Waals surface area contributed by atoms with E-state index in [0.717, 1.165) is 6.07 Å². The number of hydrogen-bond acceptors (Lipinski definition) is 7. The number of anilines is 2. The van der Waals surface area contributed by atoms with E-state index in [1.165, 1.54) is 44.8 Å². The third-order valence-corrected chi connectivity index (χ3v) is 5.99. The molecule has 0 aliphatic heterocycles. The molecule has 0 atom stereocenters. The smallest absolute Gasteiger partial charge is 0.263 e. The van der Waals surface area contributed by atoms with Crippen LogP contribution >= 0.6 is 23.2 Å². The maximum Gasteiger partial charge on any atom is 0.263 e. The van der Waals surface area contributed by atoms with Crippen LogP contribution in [0.5, 0.6) is 11.5 Å². The molecular weight excluding hydrogens is 457 g/mol. The Morgan fingerprint density at radius 3 is 2.43 bits per heavy atom. The van der Waals surface area contributed by atoms with Gasteiger partial charge in [-0.15, -0.1) is 0 Å². The van der Waals surface area contributed by atoms with Crippen LogP contribution in [0.4, 0.5) is 11.6 Å². The van der Waals surface area contributed by atoms with Crippen molar-refractivity contribution in [3.05, 3.63) is 52.3 Å². The highest BCUT2D eigenvalue weighted by atomic mass is 35.5. The molecule has 0 bridgehead atoms. The predicted octanol–water partition coefficient (Wildman–Crippen LogP) is 3.18. The highest BCUT2D eigenvalue weighted by Crippen LogP contribution is 2.37. The van der Waals surface area contributed by atoms with Crippen molar-refractivity contribution >= 4 is 50.8 Å². The number of sulfonamides is 1. The average molecular weight is 472 g/mol. The van der Waals surface area contributed by atoms with Gasteiger partial charge in [0.2, 0.25) is 5.95 Å². The zero-order valence-electron chi connectivity index (χ0n) is 15.6. The van der Waals surface area contributed by atoms with Crippen molar-refractivity contribution in [3.8, 4) is 11.5 Å². The van der Waals surface area contributed by atoms with Gasteiger partial charge in [0.25, 0.3) is 15.9 Å². The van der Waals surface area contributed by atoms with E-state index in [4.69, 9.17) is 32.7 Å². The quantitative estimate of drug-likeness (QED) is 0.481. The van der Waals surface area contributed by atoms with E-state index < -0.39 is 15.9 Å². The number of carbonyl (C=O) groups excluding carboxylic acids is 1.